The summed E-state index contributed by atoms with van der Waals surface area (Å²) in [4.78, 5) is 6.37. The van der Waals surface area contributed by atoms with Crippen LogP contribution in [0.1, 0.15) is 4.88 Å². The summed E-state index contributed by atoms with van der Waals surface area (Å²) >= 11 is 3.16. The molecule has 0 unspecified atom stereocenters. The van der Waals surface area contributed by atoms with Crippen LogP contribution in [0.3, 0.4) is 0 Å². The quantitative estimate of drug-likeness (QED) is 0.762. The molecule has 2 aromatic rings. The summed E-state index contributed by atoms with van der Waals surface area (Å²) in [6.45, 7) is 2.06. The Morgan fingerprint density at radius 2 is 2.25 bits per heavy atom. The van der Waals surface area contributed by atoms with Gasteiger partial charge in [-0.25, -0.2) is 4.98 Å². The maximum Gasteiger partial charge on any atom is 0.222 e. The number of nitrogens with zero attached hydrogens (tertiary/aromatic N) is 1. The number of thiazole rings is 1. The van der Waals surface area contributed by atoms with Gasteiger partial charge >= 0.3 is 0 Å². The summed E-state index contributed by atoms with van der Waals surface area (Å²) in [5.41, 5.74) is 0. The lowest BCUT2D eigenvalue weighted by Gasteiger charge is -1.85. The van der Waals surface area contributed by atoms with E-state index in [0.29, 0.717) is 0 Å². The van der Waals surface area contributed by atoms with E-state index in [4.69, 9.17) is 5.11 Å². The van der Waals surface area contributed by atoms with Crippen LogP contribution < -0.4 is 0 Å². The molecule has 0 amide bonds. The number of aromatic hydroxyl groups is 1. The van der Waals surface area contributed by atoms with Gasteiger partial charge in [-0.1, -0.05) is 0 Å². The monoisotopic (exact) mass is 197 g/mol. The molecule has 0 bridgehead atoms. The van der Waals surface area contributed by atoms with Gasteiger partial charge in [0.25, 0.3) is 0 Å². The highest BCUT2D eigenvalue weighted by Crippen LogP contribution is 2.31. The Morgan fingerprint density at radius 3 is 2.75 bits per heavy atom. The van der Waals surface area contributed by atoms with Gasteiger partial charge in [0.2, 0.25) is 5.88 Å². The van der Waals surface area contributed by atoms with Crippen LogP contribution in [-0.2, 0) is 0 Å². The molecule has 62 valence electrons. The average Bonchev–Trinajstić information content (AvgIpc) is 2.58. The standard InChI is InChI=1S/C8H7NOS2/c1-5-2-3-6(12-5)8-9-7(10)4-11-8/h2-4,10H,1H3. The van der Waals surface area contributed by atoms with Crippen molar-refractivity contribution in [3.8, 4) is 15.8 Å². The van der Waals surface area contributed by atoms with E-state index in [1.807, 2.05) is 6.07 Å². The Balaban J connectivity index is 2.43. The highest BCUT2D eigenvalue weighted by molar-refractivity contribution is 7.21. The zero-order chi connectivity index (χ0) is 8.55. The molecule has 0 aromatic carbocycles. The number of aromatic nitrogens is 1. The van der Waals surface area contributed by atoms with Crippen LogP contribution in [0.2, 0.25) is 0 Å². The van der Waals surface area contributed by atoms with Crippen molar-refractivity contribution in [1.82, 2.24) is 4.98 Å². The Labute approximate surface area is 78.1 Å². The SMILES string of the molecule is Cc1ccc(-c2nc(O)cs2)s1. The number of hydrogen-bond acceptors (Lipinski definition) is 4. The molecule has 1 N–H and O–H groups in total. The molecule has 0 fully saturated rings. The lowest BCUT2D eigenvalue weighted by Crippen LogP contribution is -1.66. The van der Waals surface area contributed by atoms with Crippen molar-refractivity contribution in [2.45, 2.75) is 6.92 Å². The molecule has 0 atom stereocenters. The second-order valence-corrected chi connectivity index (χ2v) is 4.57. The third-order valence-corrected chi connectivity index (χ3v) is 3.44. The molecule has 2 nitrogen and oxygen atoms in total. The Bertz CT molecular complexity index is 353. The number of aryl methyl sites for hydroxylation is 1. The molecule has 2 rings (SSSR count). The Morgan fingerprint density at radius 1 is 1.42 bits per heavy atom. The molecule has 12 heavy (non-hydrogen) atoms. The lowest BCUT2D eigenvalue weighted by molar-refractivity contribution is 0.458. The van der Waals surface area contributed by atoms with Gasteiger partial charge in [-0.2, -0.15) is 0 Å². The highest BCUT2D eigenvalue weighted by atomic mass is 32.1. The molecule has 0 aliphatic heterocycles. The first-order valence-corrected chi connectivity index (χ1v) is 5.16. The van der Waals surface area contributed by atoms with Crippen LogP contribution in [0.15, 0.2) is 17.5 Å². The molecule has 0 aliphatic carbocycles. The number of hydrogen-bond donors (Lipinski definition) is 1. The van der Waals surface area contributed by atoms with Crippen molar-refractivity contribution >= 4 is 22.7 Å². The molecule has 0 spiro atoms. The summed E-state index contributed by atoms with van der Waals surface area (Å²) in [7, 11) is 0. The predicted octanol–water partition coefficient (Wildman–Crippen LogP) is 2.89. The van der Waals surface area contributed by atoms with E-state index in [2.05, 4.69) is 18.0 Å². The van der Waals surface area contributed by atoms with Crippen LogP contribution in [0.5, 0.6) is 5.88 Å². The van der Waals surface area contributed by atoms with Crippen molar-refractivity contribution in [1.29, 1.82) is 0 Å². The van der Waals surface area contributed by atoms with Crippen LogP contribution in [0.4, 0.5) is 0 Å². The highest BCUT2D eigenvalue weighted by Gasteiger charge is 2.04. The van der Waals surface area contributed by atoms with Gasteiger partial charge in [0, 0.05) is 4.88 Å². The first kappa shape index (κ1) is 7.76. The van der Waals surface area contributed by atoms with Crippen LogP contribution in [0, 0.1) is 6.92 Å². The molecular formula is C8H7NOS2. The molecule has 0 saturated heterocycles. The third kappa shape index (κ3) is 1.35. The van der Waals surface area contributed by atoms with E-state index in [1.54, 1.807) is 16.7 Å². The second kappa shape index (κ2) is 2.88. The van der Waals surface area contributed by atoms with Crippen molar-refractivity contribution in [2.24, 2.45) is 0 Å². The van der Waals surface area contributed by atoms with Gasteiger partial charge < -0.3 is 5.11 Å². The molecule has 2 aromatic heterocycles. The Kier molecular flexibility index (Phi) is 1.86. The maximum atomic E-state index is 9.03. The molecular weight excluding hydrogens is 190 g/mol. The van der Waals surface area contributed by atoms with Crippen LogP contribution >= 0.6 is 22.7 Å². The molecule has 0 radical (unpaired) electrons. The fraction of sp³-hybridized carbons (Fsp3) is 0.125. The van der Waals surface area contributed by atoms with Gasteiger partial charge in [-0.05, 0) is 19.1 Å². The van der Waals surface area contributed by atoms with E-state index in [9.17, 15) is 0 Å². The molecule has 0 saturated carbocycles. The van der Waals surface area contributed by atoms with Crippen molar-refractivity contribution < 1.29 is 5.11 Å². The van der Waals surface area contributed by atoms with Gasteiger partial charge in [-0.15, -0.1) is 22.7 Å². The molecule has 0 aliphatic rings. The minimum atomic E-state index is 0.112. The first-order valence-electron chi connectivity index (χ1n) is 3.47. The minimum Gasteiger partial charge on any atom is -0.493 e. The zero-order valence-corrected chi connectivity index (χ0v) is 8.08. The van der Waals surface area contributed by atoms with Crippen molar-refractivity contribution in [2.75, 3.05) is 0 Å². The van der Waals surface area contributed by atoms with Gasteiger partial charge in [0.05, 0.1) is 10.3 Å². The molecule has 2 heterocycles. The van der Waals surface area contributed by atoms with Crippen LogP contribution in [0.25, 0.3) is 9.88 Å². The predicted molar refractivity (Wildman–Crippen MR) is 51.8 cm³/mol. The second-order valence-electron chi connectivity index (χ2n) is 2.42. The van der Waals surface area contributed by atoms with E-state index < -0.39 is 0 Å². The summed E-state index contributed by atoms with van der Waals surface area (Å²) in [5.74, 6) is 0.112. The van der Waals surface area contributed by atoms with E-state index in [0.717, 1.165) is 9.88 Å². The van der Waals surface area contributed by atoms with Gasteiger partial charge in [0.15, 0.2) is 0 Å². The fourth-order valence-electron chi connectivity index (χ4n) is 0.928. The van der Waals surface area contributed by atoms with E-state index in [-0.39, 0.29) is 5.88 Å². The normalized spacial score (nSPS) is 10.4. The first-order chi connectivity index (χ1) is 5.75. The minimum absolute atomic E-state index is 0.112. The molecule has 4 heteroatoms. The van der Waals surface area contributed by atoms with Crippen molar-refractivity contribution in [3.63, 3.8) is 0 Å². The van der Waals surface area contributed by atoms with Gasteiger partial charge in [0.1, 0.15) is 5.01 Å². The Hall–Kier alpha value is -0.870. The van der Waals surface area contributed by atoms with Crippen LogP contribution in [-0.4, -0.2) is 10.1 Å². The largest absolute Gasteiger partial charge is 0.493 e. The lowest BCUT2D eigenvalue weighted by atomic mass is 10.4. The number of rotatable bonds is 1. The van der Waals surface area contributed by atoms with Crippen molar-refractivity contribution in [3.05, 3.63) is 22.4 Å². The summed E-state index contributed by atoms with van der Waals surface area (Å²) < 4.78 is 0. The average molecular weight is 197 g/mol. The zero-order valence-electron chi connectivity index (χ0n) is 6.44. The number of thiophene rings is 1. The van der Waals surface area contributed by atoms with E-state index in [1.165, 1.54) is 16.2 Å². The summed E-state index contributed by atoms with van der Waals surface area (Å²) in [6.07, 6.45) is 0. The van der Waals surface area contributed by atoms with E-state index >= 15 is 0 Å². The fourth-order valence-corrected chi connectivity index (χ4v) is 2.55. The summed E-state index contributed by atoms with van der Waals surface area (Å²) in [5, 5.41) is 11.6. The maximum absolute atomic E-state index is 9.03. The van der Waals surface area contributed by atoms with Gasteiger partial charge in [-0.3, -0.25) is 0 Å². The summed E-state index contributed by atoms with van der Waals surface area (Å²) in [6, 6.07) is 4.08. The smallest absolute Gasteiger partial charge is 0.222 e. The third-order valence-electron chi connectivity index (χ3n) is 1.44. The topological polar surface area (TPSA) is 33.1 Å².